The average Bonchev–Trinajstić information content (AvgIpc) is 2.71. The first-order chi connectivity index (χ1) is 8.06. The highest BCUT2D eigenvalue weighted by atomic mass is 32.1. The van der Waals surface area contributed by atoms with E-state index in [2.05, 4.69) is 24.1 Å². The van der Waals surface area contributed by atoms with E-state index in [4.69, 9.17) is 5.11 Å². The molecule has 0 radical (unpaired) electrons. The van der Waals surface area contributed by atoms with Crippen molar-refractivity contribution in [2.45, 2.75) is 39.2 Å². The van der Waals surface area contributed by atoms with Crippen LogP contribution in [0.5, 0.6) is 0 Å². The average molecular weight is 254 g/mol. The molecule has 3 unspecified atom stereocenters. The predicted octanol–water partition coefficient (Wildman–Crippen LogP) is 3.08. The van der Waals surface area contributed by atoms with Crippen LogP contribution in [-0.2, 0) is 0 Å². The van der Waals surface area contributed by atoms with Crippen LogP contribution in [0.2, 0.25) is 0 Å². The SMILES string of the molecule is CC1CCC(Nc2nc(C(=O)O)cs2)C(C)C1. The van der Waals surface area contributed by atoms with Crippen LogP contribution in [-0.4, -0.2) is 22.1 Å². The van der Waals surface area contributed by atoms with Crippen molar-refractivity contribution in [3.05, 3.63) is 11.1 Å². The summed E-state index contributed by atoms with van der Waals surface area (Å²) < 4.78 is 0. The molecule has 0 amide bonds. The number of hydrogen-bond acceptors (Lipinski definition) is 4. The predicted molar refractivity (Wildman–Crippen MR) is 68.7 cm³/mol. The normalized spacial score (nSPS) is 28.9. The van der Waals surface area contributed by atoms with Gasteiger partial charge in [0.15, 0.2) is 10.8 Å². The minimum atomic E-state index is -0.959. The van der Waals surface area contributed by atoms with E-state index in [0.29, 0.717) is 12.0 Å². The van der Waals surface area contributed by atoms with E-state index in [0.717, 1.165) is 17.5 Å². The second-order valence-electron chi connectivity index (χ2n) is 4.99. The number of aromatic nitrogens is 1. The van der Waals surface area contributed by atoms with Crippen molar-refractivity contribution < 1.29 is 9.90 Å². The van der Waals surface area contributed by atoms with E-state index in [1.54, 1.807) is 5.38 Å². The molecule has 1 fully saturated rings. The Balaban J connectivity index is 1.98. The minimum Gasteiger partial charge on any atom is -0.476 e. The van der Waals surface area contributed by atoms with Crippen LogP contribution in [0, 0.1) is 11.8 Å². The van der Waals surface area contributed by atoms with Gasteiger partial charge in [0.25, 0.3) is 0 Å². The van der Waals surface area contributed by atoms with Crippen LogP contribution in [0.25, 0.3) is 0 Å². The Morgan fingerprint density at radius 3 is 2.88 bits per heavy atom. The summed E-state index contributed by atoms with van der Waals surface area (Å²) in [6.07, 6.45) is 3.61. The van der Waals surface area contributed by atoms with E-state index in [9.17, 15) is 4.79 Å². The summed E-state index contributed by atoms with van der Waals surface area (Å²) in [6, 6.07) is 0.430. The van der Waals surface area contributed by atoms with E-state index in [1.165, 1.54) is 24.2 Å². The number of thiazole rings is 1. The van der Waals surface area contributed by atoms with Gasteiger partial charge < -0.3 is 10.4 Å². The Morgan fingerprint density at radius 2 is 2.29 bits per heavy atom. The van der Waals surface area contributed by atoms with E-state index in [-0.39, 0.29) is 5.69 Å². The zero-order chi connectivity index (χ0) is 12.4. The molecule has 2 rings (SSSR count). The van der Waals surface area contributed by atoms with Gasteiger partial charge in [-0.1, -0.05) is 13.8 Å². The van der Waals surface area contributed by atoms with Crippen molar-refractivity contribution in [2.24, 2.45) is 11.8 Å². The molecule has 0 spiro atoms. The van der Waals surface area contributed by atoms with Crippen LogP contribution in [0.4, 0.5) is 5.13 Å². The maximum atomic E-state index is 10.7. The highest BCUT2D eigenvalue weighted by Gasteiger charge is 2.25. The molecule has 1 heterocycles. The fourth-order valence-corrected chi connectivity index (χ4v) is 3.22. The molecule has 2 N–H and O–H groups in total. The first-order valence-corrected chi connectivity index (χ1v) is 6.89. The van der Waals surface area contributed by atoms with Crippen LogP contribution in [0.1, 0.15) is 43.6 Å². The number of nitrogens with one attached hydrogen (secondary N) is 1. The lowest BCUT2D eigenvalue weighted by molar-refractivity contribution is 0.0691. The Bertz CT molecular complexity index is 405. The number of carbonyl (C=O) groups is 1. The van der Waals surface area contributed by atoms with Gasteiger partial charge in [-0.15, -0.1) is 11.3 Å². The quantitative estimate of drug-likeness (QED) is 0.870. The topological polar surface area (TPSA) is 62.2 Å². The van der Waals surface area contributed by atoms with Gasteiger partial charge in [-0.3, -0.25) is 0 Å². The van der Waals surface area contributed by atoms with Gasteiger partial charge in [0.2, 0.25) is 0 Å². The summed E-state index contributed by atoms with van der Waals surface area (Å²) in [5.74, 6) is 0.462. The number of carboxylic acids is 1. The largest absolute Gasteiger partial charge is 0.476 e. The van der Waals surface area contributed by atoms with E-state index < -0.39 is 5.97 Å². The summed E-state index contributed by atoms with van der Waals surface area (Å²) in [5, 5.41) is 14.5. The zero-order valence-electron chi connectivity index (χ0n) is 10.1. The Kier molecular flexibility index (Phi) is 3.66. The van der Waals surface area contributed by atoms with Gasteiger partial charge in [0.1, 0.15) is 0 Å². The van der Waals surface area contributed by atoms with Gasteiger partial charge in [-0.05, 0) is 31.1 Å². The number of nitrogens with zero attached hydrogens (tertiary/aromatic N) is 1. The Morgan fingerprint density at radius 1 is 1.53 bits per heavy atom. The highest BCUT2D eigenvalue weighted by molar-refractivity contribution is 7.13. The number of carboxylic acid groups (broad SMARTS) is 1. The fourth-order valence-electron chi connectivity index (χ4n) is 2.48. The smallest absolute Gasteiger partial charge is 0.355 e. The molecule has 0 bridgehead atoms. The third-order valence-electron chi connectivity index (χ3n) is 3.46. The third kappa shape index (κ3) is 2.97. The first kappa shape index (κ1) is 12.4. The number of aromatic carboxylic acids is 1. The van der Waals surface area contributed by atoms with Gasteiger partial charge in [-0.2, -0.15) is 0 Å². The first-order valence-electron chi connectivity index (χ1n) is 6.01. The van der Waals surface area contributed by atoms with Crippen molar-refractivity contribution in [1.82, 2.24) is 4.98 Å². The number of hydrogen-bond donors (Lipinski definition) is 2. The van der Waals surface area contributed by atoms with Gasteiger partial charge in [-0.25, -0.2) is 9.78 Å². The minimum absolute atomic E-state index is 0.134. The third-order valence-corrected chi connectivity index (χ3v) is 4.24. The van der Waals surface area contributed by atoms with Crippen molar-refractivity contribution >= 4 is 22.4 Å². The second kappa shape index (κ2) is 5.04. The molecule has 1 aromatic heterocycles. The highest BCUT2D eigenvalue weighted by Crippen LogP contribution is 2.31. The molecule has 17 heavy (non-hydrogen) atoms. The Hall–Kier alpha value is -1.10. The maximum absolute atomic E-state index is 10.7. The molecule has 1 saturated carbocycles. The van der Waals surface area contributed by atoms with Crippen LogP contribution < -0.4 is 5.32 Å². The van der Waals surface area contributed by atoms with Gasteiger partial charge in [0, 0.05) is 11.4 Å². The van der Waals surface area contributed by atoms with Crippen LogP contribution in [0.15, 0.2) is 5.38 Å². The van der Waals surface area contributed by atoms with Crippen LogP contribution in [0.3, 0.4) is 0 Å². The molecular weight excluding hydrogens is 236 g/mol. The summed E-state index contributed by atoms with van der Waals surface area (Å²) in [6.45, 7) is 4.54. The van der Waals surface area contributed by atoms with Crippen molar-refractivity contribution in [3.63, 3.8) is 0 Å². The molecule has 1 aromatic rings. The van der Waals surface area contributed by atoms with Gasteiger partial charge in [0.05, 0.1) is 0 Å². The van der Waals surface area contributed by atoms with Crippen molar-refractivity contribution in [3.8, 4) is 0 Å². The van der Waals surface area contributed by atoms with Crippen molar-refractivity contribution in [2.75, 3.05) is 5.32 Å². The zero-order valence-corrected chi connectivity index (χ0v) is 11.0. The molecule has 0 aliphatic heterocycles. The number of rotatable bonds is 3. The van der Waals surface area contributed by atoms with Gasteiger partial charge >= 0.3 is 5.97 Å². The molecule has 5 heteroatoms. The summed E-state index contributed by atoms with van der Waals surface area (Å²) in [5.41, 5.74) is 0.134. The van der Waals surface area contributed by atoms with Crippen LogP contribution >= 0.6 is 11.3 Å². The molecule has 4 nitrogen and oxygen atoms in total. The fraction of sp³-hybridized carbons (Fsp3) is 0.667. The lowest BCUT2D eigenvalue weighted by atomic mass is 9.80. The molecule has 0 aromatic carbocycles. The maximum Gasteiger partial charge on any atom is 0.355 e. The number of anilines is 1. The van der Waals surface area contributed by atoms with Crippen molar-refractivity contribution in [1.29, 1.82) is 0 Å². The molecule has 1 aliphatic carbocycles. The summed E-state index contributed by atoms with van der Waals surface area (Å²) in [7, 11) is 0. The molecule has 0 saturated heterocycles. The summed E-state index contributed by atoms with van der Waals surface area (Å²) in [4.78, 5) is 14.8. The van der Waals surface area contributed by atoms with E-state index >= 15 is 0 Å². The molecule has 3 atom stereocenters. The molecule has 94 valence electrons. The second-order valence-corrected chi connectivity index (χ2v) is 5.85. The summed E-state index contributed by atoms with van der Waals surface area (Å²) >= 11 is 1.37. The monoisotopic (exact) mass is 254 g/mol. The lowest BCUT2D eigenvalue weighted by Crippen LogP contribution is -2.32. The Labute approximate surface area is 105 Å². The molecular formula is C12H18N2O2S. The molecule has 1 aliphatic rings. The van der Waals surface area contributed by atoms with E-state index in [1.807, 2.05) is 0 Å². The standard InChI is InChI=1S/C12H18N2O2S/c1-7-3-4-9(8(2)5-7)13-12-14-10(6-17-12)11(15)16/h6-9H,3-5H2,1-2H3,(H,13,14)(H,15,16). The lowest BCUT2D eigenvalue weighted by Gasteiger charge is -2.32.